The number of carbonyl (C=O) groups excluding carboxylic acids is 1. The Hall–Kier alpha value is -1.63. The van der Waals surface area contributed by atoms with Gasteiger partial charge in [-0.05, 0) is 13.3 Å². The number of H-pyrrole nitrogens is 1. The molecule has 1 N–H and O–H groups in total. The molecule has 2 rings (SSSR count). The first-order chi connectivity index (χ1) is 8.80. The lowest BCUT2D eigenvalue weighted by molar-refractivity contribution is -0.126. The van der Waals surface area contributed by atoms with Crippen molar-refractivity contribution < 1.29 is 13.2 Å². The number of amides is 1. The van der Waals surface area contributed by atoms with Crippen LogP contribution in [0.1, 0.15) is 25.0 Å². The number of carbonyl (C=O) groups is 1. The molecule has 0 radical (unpaired) electrons. The predicted octanol–water partition coefficient (Wildman–Crippen LogP) is 0.705. The molecule has 6 nitrogen and oxygen atoms in total. The molecule has 104 valence electrons. The summed E-state index contributed by atoms with van der Waals surface area (Å²) in [7, 11) is -3.30. The predicted molar refractivity (Wildman–Crippen MR) is 70.4 cm³/mol. The molecule has 0 aliphatic carbocycles. The monoisotopic (exact) mass is 283 g/mol. The SMILES string of the molecule is C=C(C)C(=O)N1CCC(c2[nH]ncc2S(C)(=O)=O)C1. The maximum Gasteiger partial charge on any atom is 0.248 e. The standard InChI is InChI=1S/C12H17N3O3S/c1-8(2)12(16)15-5-4-9(7-15)11-10(6-13-14-11)19(3,17)18/h6,9H,1,4-5,7H2,2-3H3,(H,13,14). The van der Waals surface area contributed by atoms with E-state index in [0.29, 0.717) is 24.4 Å². The van der Waals surface area contributed by atoms with E-state index in [0.717, 1.165) is 12.7 Å². The fourth-order valence-corrected chi connectivity index (χ4v) is 3.18. The zero-order chi connectivity index (χ0) is 14.2. The summed E-state index contributed by atoms with van der Waals surface area (Å²) < 4.78 is 23.3. The Kier molecular flexibility index (Phi) is 3.49. The van der Waals surface area contributed by atoms with E-state index in [2.05, 4.69) is 16.8 Å². The van der Waals surface area contributed by atoms with E-state index >= 15 is 0 Å². The molecule has 0 saturated carbocycles. The Morgan fingerprint density at radius 2 is 2.26 bits per heavy atom. The van der Waals surface area contributed by atoms with Crippen LogP contribution in [0.25, 0.3) is 0 Å². The van der Waals surface area contributed by atoms with Gasteiger partial charge in [-0.15, -0.1) is 0 Å². The van der Waals surface area contributed by atoms with E-state index in [1.54, 1.807) is 11.8 Å². The minimum atomic E-state index is -3.30. The Labute approximate surface area is 112 Å². The van der Waals surface area contributed by atoms with Gasteiger partial charge in [-0.25, -0.2) is 8.42 Å². The van der Waals surface area contributed by atoms with Crippen LogP contribution in [0.15, 0.2) is 23.2 Å². The van der Waals surface area contributed by atoms with Crippen molar-refractivity contribution in [3.05, 3.63) is 24.0 Å². The number of aromatic amines is 1. The fourth-order valence-electron chi connectivity index (χ4n) is 2.32. The molecule has 1 atom stereocenters. The number of hydrogen-bond acceptors (Lipinski definition) is 4. The number of sulfone groups is 1. The highest BCUT2D eigenvalue weighted by Gasteiger charge is 2.31. The van der Waals surface area contributed by atoms with Crippen molar-refractivity contribution >= 4 is 15.7 Å². The van der Waals surface area contributed by atoms with Crippen LogP contribution in [0.2, 0.25) is 0 Å². The summed E-state index contributed by atoms with van der Waals surface area (Å²) in [5, 5.41) is 6.57. The van der Waals surface area contributed by atoms with Crippen molar-refractivity contribution in [3.63, 3.8) is 0 Å². The van der Waals surface area contributed by atoms with Gasteiger partial charge in [-0.1, -0.05) is 6.58 Å². The van der Waals surface area contributed by atoms with Crippen LogP contribution >= 0.6 is 0 Å². The van der Waals surface area contributed by atoms with E-state index in [-0.39, 0.29) is 16.7 Å². The Balaban J connectivity index is 2.21. The van der Waals surface area contributed by atoms with Crippen molar-refractivity contribution in [1.82, 2.24) is 15.1 Å². The molecule has 0 aromatic carbocycles. The van der Waals surface area contributed by atoms with Crippen LogP contribution in [-0.4, -0.2) is 48.8 Å². The molecule has 1 unspecified atom stereocenters. The van der Waals surface area contributed by atoms with E-state index in [1.807, 2.05) is 0 Å². The van der Waals surface area contributed by atoms with Crippen LogP contribution in [0, 0.1) is 0 Å². The number of rotatable bonds is 3. The molecule has 1 aliphatic heterocycles. The van der Waals surface area contributed by atoms with Gasteiger partial charge < -0.3 is 4.90 Å². The second kappa shape index (κ2) is 4.80. The van der Waals surface area contributed by atoms with Gasteiger partial charge in [0.2, 0.25) is 5.91 Å². The molecule has 1 aliphatic rings. The van der Waals surface area contributed by atoms with Crippen molar-refractivity contribution in [1.29, 1.82) is 0 Å². The van der Waals surface area contributed by atoms with Crippen LogP contribution in [-0.2, 0) is 14.6 Å². The van der Waals surface area contributed by atoms with Crippen molar-refractivity contribution in [2.45, 2.75) is 24.2 Å². The van der Waals surface area contributed by atoms with Gasteiger partial charge in [0.25, 0.3) is 0 Å². The first-order valence-electron chi connectivity index (χ1n) is 5.99. The molecule has 2 heterocycles. The topological polar surface area (TPSA) is 83.1 Å². The normalized spacial score (nSPS) is 19.7. The molecule has 1 aromatic heterocycles. The molecule has 1 aromatic rings. The third-order valence-electron chi connectivity index (χ3n) is 3.28. The van der Waals surface area contributed by atoms with Crippen molar-refractivity contribution in [2.24, 2.45) is 0 Å². The fraction of sp³-hybridized carbons (Fsp3) is 0.500. The van der Waals surface area contributed by atoms with Crippen LogP contribution in [0.3, 0.4) is 0 Å². The average molecular weight is 283 g/mol. The van der Waals surface area contributed by atoms with E-state index in [4.69, 9.17) is 0 Å². The van der Waals surface area contributed by atoms with Crippen LogP contribution in [0.4, 0.5) is 0 Å². The second-order valence-electron chi connectivity index (χ2n) is 4.94. The third-order valence-corrected chi connectivity index (χ3v) is 4.40. The summed E-state index contributed by atoms with van der Waals surface area (Å²) in [6, 6.07) is 0. The number of hydrogen-bond donors (Lipinski definition) is 1. The molecule has 0 spiro atoms. The maximum absolute atomic E-state index is 11.8. The first kappa shape index (κ1) is 13.8. The Bertz CT molecular complexity index is 618. The number of nitrogens with zero attached hydrogens (tertiary/aromatic N) is 2. The molecule has 19 heavy (non-hydrogen) atoms. The van der Waals surface area contributed by atoms with E-state index < -0.39 is 9.84 Å². The van der Waals surface area contributed by atoms with Crippen molar-refractivity contribution in [3.8, 4) is 0 Å². The smallest absolute Gasteiger partial charge is 0.248 e. The summed E-state index contributed by atoms with van der Waals surface area (Å²) in [4.78, 5) is 13.7. The molecular weight excluding hydrogens is 266 g/mol. The van der Waals surface area contributed by atoms with E-state index in [1.165, 1.54) is 6.20 Å². The highest BCUT2D eigenvalue weighted by atomic mass is 32.2. The summed E-state index contributed by atoms with van der Waals surface area (Å²) >= 11 is 0. The summed E-state index contributed by atoms with van der Waals surface area (Å²) in [6.07, 6.45) is 3.21. The molecule has 1 fully saturated rings. The van der Waals surface area contributed by atoms with Gasteiger partial charge in [-0.3, -0.25) is 9.89 Å². The quantitative estimate of drug-likeness (QED) is 0.828. The average Bonchev–Trinajstić information content (AvgIpc) is 2.95. The van der Waals surface area contributed by atoms with Crippen molar-refractivity contribution in [2.75, 3.05) is 19.3 Å². The third kappa shape index (κ3) is 2.70. The van der Waals surface area contributed by atoms with Gasteiger partial charge in [-0.2, -0.15) is 5.10 Å². The molecular formula is C12H17N3O3S. The lowest BCUT2D eigenvalue weighted by Crippen LogP contribution is -2.28. The number of aromatic nitrogens is 2. The number of nitrogens with one attached hydrogen (secondary N) is 1. The molecule has 1 saturated heterocycles. The Morgan fingerprint density at radius 1 is 1.58 bits per heavy atom. The van der Waals surface area contributed by atoms with E-state index in [9.17, 15) is 13.2 Å². The largest absolute Gasteiger partial charge is 0.338 e. The summed E-state index contributed by atoms with van der Waals surface area (Å²) in [5.74, 6) is -0.0987. The minimum absolute atomic E-state index is 0.0180. The minimum Gasteiger partial charge on any atom is -0.338 e. The summed E-state index contributed by atoms with van der Waals surface area (Å²) in [6.45, 7) is 6.42. The van der Waals surface area contributed by atoms with Gasteiger partial charge in [0, 0.05) is 30.8 Å². The molecule has 1 amide bonds. The zero-order valence-corrected chi connectivity index (χ0v) is 11.8. The summed E-state index contributed by atoms with van der Waals surface area (Å²) in [5.41, 5.74) is 1.09. The first-order valence-corrected chi connectivity index (χ1v) is 7.88. The Morgan fingerprint density at radius 3 is 2.84 bits per heavy atom. The van der Waals surface area contributed by atoms with Gasteiger partial charge in [0.05, 0.1) is 11.9 Å². The second-order valence-corrected chi connectivity index (χ2v) is 6.92. The van der Waals surface area contributed by atoms with Crippen LogP contribution < -0.4 is 0 Å². The van der Waals surface area contributed by atoms with Gasteiger partial charge >= 0.3 is 0 Å². The highest BCUT2D eigenvalue weighted by molar-refractivity contribution is 7.90. The maximum atomic E-state index is 11.8. The molecule has 0 bridgehead atoms. The highest BCUT2D eigenvalue weighted by Crippen LogP contribution is 2.30. The van der Waals surface area contributed by atoms with Gasteiger partial charge in [0.15, 0.2) is 9.84 Å². The molecule has 7 heteroatoms. The lowest BCUT2D eigenvalue weighted by Gasteiger charge is -2.16. The van der Waals surface area contributed by atoms with Crippen LogP contribution in [0.5, 0.6) is 0 Å². The number of likely N-dealkylation sites (tertiary alicyclic amines) is 1. The zero-order valence-electron chi connectivity index (χ0n) is 11.0. The van der Waals surface area contributed by atoms with Gasteiger partial charge in [0.1, 0.15) is 4.90 Å². The lowest BCUT2D eigenvalue weighted by atomic mass is 10.1.